The van der Waals surface area contributed by atoms with Crippen LogP contribution in [0, 0.1) is 0 Å². The van der Waals surface area contributed by atoms with Gasteiger partial charge in [-0.25, -0.2) is 0 Å². The van der Waals surface area contributed by atoms with E-state index in [-0.39, 0.29) is 5.75 Å². The number of phenolic OH excluding ortho intramolecular Hbond substituents is 1. The number of benzene rings is 1. The van der Waals surface area contributed by atoms with Gasteiger partial charge in [0.25, 0.3) is 5.89 Å². The van der Waals surface area contributed by atoms with Gasteiger partial charge in [0.05, 0.1) is 5.56 Å². The van der Waals surface area contributed by atoms with E-state index in [0.29, 0.717) is 17.3 Å². The molecule has 1 aromatic carbocycles. The Hall–Kier alpha value is -1.88. The van der Waals surface area contributed by atoms with E-state index < -0.39 is 0 Å². The van der Waals surface area contributed by atoms with Crippen molar-refractivity contribution < 1.29 is 9.63 Å². The number of aromatic hydroxyl groups is 1. The summed E-state index contributed by atoms with van der Waals surface area (Å²) in [6.45, 7) is 0.861. The Bertz CT molecular complexity index is 494. The summed E-state index contributed by atoms with van der Waals surface area (Å²) >= 11 is 0. The lowest BCUT2D eigenvalue weighted by molar-refractivity contribution is 0.391. The normalized spacial score (nSPS) is 11.0. The summed E-state index contributed by atoms with van der Waals surface area (Å²) in [7, 11) is 3.98. The molecule has 2 aromatic rings. The van der Waals surface area contributed by atoms with Gasteiger partial charge in [0.15, 0.2) is 5.82 Å². The average Bonchev–Trinajstić information content (AvgIpc) is 2.75. The van der Waals surface area contributed by atoms with Gasteiger partial charge in [-0.1, -0.05) is 17.3 Å². The minimum atomic E-state index is 0.148. The zero-order valence-corrected chi connectivity index (χ0v) is 9.92. The minimum absolute atomic E-state index is 0.148. The lowest BCUT2D eigenvalue weighted by atomic mass is 10.2. The van der Waals surface area contributed by atoms with E-state index in [1.165, 1.54) is 0 Å². The maximum Gasteiger partial charge on any atom is 0.261 e. The first-order valence-electron chi connectivity index (χ1n) is 5.42. The first-order valence-corrected chi connectivity index (χ1v) is 5.42. The maximum atomic E-state index is 9.66. The van der Waals surface area contributed by atoms with Gasteiger partial charge >= 0.3 is 0 Å². The molecule has 1 aromatic heterocycles. The van der Waals surface area contributed by atoms with Crippen LogP contribution >= 0.6 is 0 Å². The Labute approximate surface area is 99.7 Å². The number of nitrogens with zero attached hydrogens (tertiary/aromatic N) is 3. The Morgan fingerprint density at radius 3 is 2.76 bits per heavy atom. The van der Waals surface area contributed by atoms with Crippen molar-refractivity contribution in [2.24, 2.45) is 0 Å². The van der Waals surface area contributed by atoms with Crippen molar-refractivity contribution in [3.8, 4) is 17.2 Å². The zero-order valence-electron chi connectivity index (χ0n) is 9.92. The van der Waals surface area contributed by atoms with Gasteiger partial charge in [-0.3, -0.25) is 0 Å². The van der Waals surface area contributed by atoms with Gasteiger partial charge in [-0.2, -0.15) is 4.98 Å². The van der Waals surface area contributed by atoms with E-state index >= 15 is 0 Å². The van der Waals surface area contributed by atoms with E-state index in [9.17, 15) is 5.11 Å². The average molecular weight is 233 g/mol. The van der Waals surface area contributed by atoms with Crippen LogP contribution in [0.4, 0.5) is 0 Å². The van der Waals surface area contributed by atoms with E-state index in [1.54, 1.807) is 18.2 Å². The van der Waals surface area contributed by atoms with Crippen LogP contribution in [0.1, 0.15) is 5.82 Å². The number of hydrogen-bond acceptors (Lipinski definition) is 5. The van der Waals surface area contributed by atoms with Gasteiger partial charge < -0.3 is 14.5 Å². The third-order valence-corrected chi connectivity index (χ3v) is 2.39. The van der Waals surface area contributed by atoms with Gasteiger partial charge in [0.1, 0.15) is 5.75 Å². The fourth-order valence-corrected chi connectivity index (χ4v) is 1.44. The van der Waals surface area contributed by atoms with Gasteiger partial charge in [-0.05, 0) is 26.2 Å². The molecule has 0 bridgehead atoms. The van der Waals surface area contributed by atoms with Gasteiger partial charge in [-0.15, -0.1) is 0 Å². The molecule has 0 radical (unpaired) electrons. The van der Waals surface area contributed by atoms with Crippen LogP contribution in [0.5, 0.6) is 5.75 Å². The largest absolute Gasteiger partial charge is 0.507 e. The number of hydrogen-bond donors (Lipinski definition) is 1. The van der Waals surface area contributed by atoms with Crippen molar-refractivity contribution >= 4 is 0 Å². The summed E-state index contributed by atoms with van der Waals surface area (Å²) < 4.78 is 5.12. The highest BCUT2D eigenvalue weighted by Crippen LogP contribution is 2.26. The summed E-state index contributed by atoms with van der Waals surface area (Å²) in [4.78, 5) is 6.30. The van der Waals surface area contributed by atoms with Crippen molar-refractivity contribution in [1.82, 2.24) is 15.0 Å². The topological polar surface area (TPSA) is 62.4 Å². The Morgan fingerprint density at radius 1 is 1.29 bits per heavy atom. The third-order valence-electron chi connectivity index (χ3n) is 2.39. The number of phenols is 1. The molecule has 0 spiro atoms. The molecule has 1 N–H and O–H groups in total. The van der Waals surface area contributed by atoms with Crippen molar-refractivity contribution in [1.29, 1.82) is 0 Å². The van der Waals surface area contributed by atoms with Crippen LogP contribution in [0.3, 0.4) is 0 Å². The zero-order chi connectivity index (χ0) is 12.3. The molecular weight excluding hydrogens is 218 g/mol. The number of aromatic nitrogens is 2. The Balaban J connectivity index is 2.16. The molecule has 0 unspecified atom stereocenters. The highest BCUT2D eigenvalue weighted by Gasteiger charge is 2.11. The molecule has 0 saturated heterocycles. The summed E-state index contributed by atoms with van der Waals surface area (Å²) in [5.41, 5.74) is 0.566. The SMILES string of the molecule is CN(C)CCc1noc(-c2ccccc2O)n1. The van der Waals surface area contributed by atoms with Crippen LogP contribution in [0.15, 0.2) is 28.8 Å². The van der Waals surface area contributed by atoms with E-state index in [1.807, 2.05) is 20.2 Å². The molecule has 0 aliphatic carbocycles. The quantitative estimate of drug-likeness (QED) is 0.868. The second-order valence-electron chi connectivity index (χ2n) is 4.09. The Morgan fingerprint density at radius 2 is 2.06 bits per heavy atom. The number of rotatable bonds is 4. The maximum absolute atomic E-state index is 9.66. The van der Waals surface area contributed by atoms with Crippen LogP contribution in [-0.4, -0.2) is 40.8 Å². The summed E-state index contributed by atoms with van der Waals surface area (Å²) in [5, 5.41) is 13.5. The van der Waals surface area contributed by atoms with Crippen LogP contribution in [-0.2, 0) is 6.42 Å². The molecule has 1 heterocycles. The first kappa shape index (κ1) is 11.6. The molecule has 17 heavy (non-hydrogen) atoms. The first-order chi connectivity index (χ1) is 8.16. The predicted molar refractivity (Wildman–Crippen MR) is 63.7 cm³/mol. The summed E-state index contributed by atoms with van der Waals surface area (Å²) in [5.74, 6) is 1.16. The second kappa shape index (κ2) is 4.97. The lowest BCUT2D eigenvalue weighted by Gasteiger charge is -2.05. The number of para-hydroxylation sites is 1. The molecule has 2 rings (SSSR count). The highest BCUT2D eigenvalue weighted by atomic mass is 16.5. The monoisotopic (exact) mass is 233 g/mol. The molecule has 0 amide bonds. The van der Waals surface area contributed by atoms with Crippen LogP contribution in [0.2, 0.25) is 0 Å². The summed E-state index contributed by atoms with van der Waals surface area (Å²) in [6, 6.07) is 6.92. The smallest absolute Gasteiger partial charge is 0.261 e. The third kappa shape index (κ3) is 2.82. The van der Waals surface area contributed by atoms with Gasteiger partial charge in [0.2, 0.25) is 0 Å². The molecule has 90 valence electrons. The van der Waals surface area contributed by atoms with Crippen molar-refractivity contribution in [2.75, 3.05) is 20.6 Å². The standard InChI is InChI=1S/C12H15N3O2/c1-15(2)8-7-11-13-12(17-14-11)9-5-3-4-6-10(9)16/h3-6,16H,7-8H2,1-2H3. The molecule has 0 saturated carbocycles. The minimum Gasteiger partial charge on any atom is -0.507 e. The molecule has 5 nitrogen and oxygen atoms in total. The molecule has 5 heteroatoms. The number of likely N-dealkylation sites (N-methyl/N-ethyl adjacent to an activating group) is 1. The highest BCUT2D eigenvalue weighted by molar-refractivity contribution is 5.61. The predicted octanol–water partition coefficient (Wildman–Crippen LogP) is 1.55. The second-order valence-corrected chi connectivity index (χ2v) is 4.09. The fourth-order valence-electron chi connectivity index (χ4n) is 1.44. The lowest BCUT2D eigenvalue weighted by Crippen LogP contribution is -2.15. The van der Waals surface area contributed by atoms with Crippen LogP contribution in [0.25, 0.3) is 11.5 Å². The molecule has 0 aliphatic heterocycles. The van der Waals surface area contributed by atoms with Crippen molar-refractivity contribution in [3.63, 3.8) is 0 Å². The molecule has 0 atom stereocenters. The fraction of sp³-hybridized carbons (Fsp3) is 0.333. The van der Waals surface area contributed by atoms with Gasteiger partial charge in [0, 0.05) is 13.0 Å². The summed E-state index contributed by atoms with van der Waals surface area (Å²) in [6.07, 6.45) is 0.726. The van der Waals surface area contributed by atoms with E-state index in [2.05, 4.69) is 15.0 Å². The van der Waals surface area contributed by atoms with Crippen LogP contribution < -0.4 is 0 Å². The molecule has 0 fully saturated rings. The molecular formula is C12H15N3O2. The Kier molecular flexibility index (Phi) is 3.39. The van der Waals surface area contributed by atoms with Crippen molar-refractivity contribution in [2.45, 2.75) is 6.42 Å². The van der Waals surface area contributed by atoms with Crippen molar-refractivity contribution in [3.05, 3.63) is 30.1 Å². The van der Waals surface area contributed by atoms with E-state index in [4.69, 9.17) is 4.52 Å². The molecule has 0 aliphatic rings. The van der Waals surface area contributed by atoms with E-state index in [0.717, 1.165) is 13.0 Å².